The van der Waals surface area contributed by atoms with Gasteiger partial charge in [0.15, 0.2) is 5.82 Å². The van der Waals surface area contributed by atoms with E-state index in [-0.39, 0.29) is 11.7 Å². The highest BCUT2D eigenvalue weighted by Gasteiger charge is 2.13. The number of amides is 1. The first-order chi connectivity index (χ1) is 12.3. The minimum atomic E-state index is -0.377. The molecule has 1 amide bonds. The molecule has 0 radical (unpaired) electrons. The number of halogens is 2. The van der Waals surface area contributed by atoms with Crippen molar-refractivity contribution < 1.29 is 9.18 Å². The van der Waals surface area contributed by atoms with Gasteiger partial charge in [-0.3, -0.25) is 9.48 Å². The van der Waals surface area contributed by atoms with Crippen molar-refractivity contribution in [2.75, 3.05) is 5.32 Å². The summed E-state index contributed by atoms with van der Waals surface area (Å²) in [6.07, 6.45) is 0. The van der Waals surface area contributed by atoms with Crippen LogP contribution in [0.3, 0.4) is 0 Å². The van der Waals surface area contributed by atoms with Crippen molar-refractivity contribution in [2.24, 2.45) is 0 Å². The molecule has 3 rings (SSSR count). The van der Waals surface area contributed by atoms with E-state index in [1.165, 1.54) is 12.1 Å². The molecule has 4 nitrogen and oxygen atoms in total. The van der Waals surface area contributed by atoms with Gasteiger partial charge in [-0.05, 0) is 50.1 Å². The first-order valence-corrected chi connectivity index (χ1v) is 8.58. The van der Waals surface area contributed by atoms with Gasteiger partial charge in [0.1, 0.15) is 5.82 Å². The van der Waals surface area contributed by atoms with Gasteiger partial charge in [-0.2, -0.15) is 5.10 Å². The number of nitrogens with one attached hydrogen (secondary N) is 1. The van der Waals surface area contributed by atoms with Crippen molar-refractivity contribution in [1.29, 1.82) is 0 Å². The zero-order valence-electron chi connectivity index (χ0n) is 14.8. The Morgan fingerprint density at radius 3 is 2.62 bits per heavy atom. The molecule has 2 aromatic carbocycles. The fourth-order valence-corrected chi connectivity index (χ4v) is 3.02. The molecule has 0 aliphatic rings. The van der Waals surface area contributed by atoms with Crippen LogP contribution in [0, 0.1) is 26.6 Å². The molecular formula is C20H19ClFN3O. The molecule has 1 N–H and O–H groups in total. The van der Waals surface area contributed by atoms with Crippen LogP contribution in [0.15, 0.2) is 42.5 Å². The number of hydrogen-bond acceptors (Lipinski definition) is 2. The zero-order chi connectivity index (χ0) is 18.8. The lowest BCUT2D eigenvalue weighted by Gasteiger charge is -2.07. The van der Waals surface area contributed by atoms with Gasteiger partial charge in [-0.1, -0.05) is 35.4 Å². The number of aromatic nitrogens is 2. The third-order valence-electron chi connectivity index (χ3n) is 4.18. The smallest absolute Gasteiger partial charge is 0.257 e. The molecule has 3 aromatic rings. The van der Waals surface area contributed by atoms with E-state index in [0.29, 0.717) is 22.9 Å². The quantitative estimate of drug-likeness (QED) is 0.708. The summed E-state index contributed by atoms with van der Waals surface area (Å²) in [5, 5.41) is 7.59. The van der Waals surface area contributed by atoms with E-state index in [1.54, 1.807) is 16.8 Å². The second-order valence-electron chi connectivity index (χ2n) is 6.34. The standard InChI is InChI=1S/C20H19ClFN3O/c1-12-4-7-17(13(2)8-12)20(26)23-19-9-14(3)25(24-19)11-15-5-6-16(22)10-18(15)21/h4-10H,11H2,1-3H3,(H,23,24,26). The molecule has 1 heterocycles. The number of benzene rings is 2. The second kappa shape index (κ2) is 7.30. The molecule has 0 unspecified atom stereocenters. The highest BCUT2D eigenvalue weighted by Crippen LogP contribution is 2.20. The molecule has 0 atom stereocenters. The maximum absolute atomic E-state index is 13.2. The van der Waals surface area contributed by atoms with E-state index < -0.39 is 0 Å². The third kappa shape index (κ3) is 3.94. The van der Waals surface area contributed by atoms with Crippen LogP contribution >= 0.6 is 11.6 Å². The summed E-state index contributed by atoms with van der Waals surface area (Å²) in [7, 11) is 0. The summed E-state index contributed by atoms with van der Waals surface area (Å²) in [5.41, 5.74) is 4.25. The Labute approximate surface area is 156 Å². The normalized spacial score (nSPS) is 10.8. The van der Waals surface area contributed by atoms with Gasteiger partial charge in [0.25, 0.3) is 5.91 Å². The Kier molecular flexibility index (Phi) is 5.09. The summed E-state index contributed by atoms with van der Waals surface area (Å²) in [5.74, 6) is -0.116. The van der Waals surface area contributed by atoms with Crippen molar-refractivity contribution in [3.05, 3.63) is 81.3 Å². The lowest BCUT2D eigenvalue weighted by Crippen LogP contribution is -2.14. The lowest BCUT2D eigenvalue weighted by molar-refractivity contribution is 0.102. The second-order valence-corrected chi connectivity index (χ2v) is 6.74. The van der Waals surface area contributed by atoms with Crippen LogP contribution in [0.5, 0.6) is 0 Å². The Balaban J connectivity index is 1.78. The molecule has 0 saturated heterocycles. The van der Waals surface area contributed by atoms with Crippen molar-refractivity contribution >= 4 is 23.3 Å². The molecular weight excluding hydrogens is 353 g/mol. The summed E-state index contributed by atoms with van der Waals surface area (Å²) < 4.78 is 14.9. The molecule has 0 spiro atoms. The van der Waals surface area contributed by atoms with Gasteiger partial charge in [0.05, 0.1) is 6.54 Å². The van der Waals surface area contributed by atoms with Gasteiger partial charge in [0.2, 0.25) is 0 Å². The van der Waals surface area contributed by atoms with Crippen LogP contribution < -0.4 is 5.32 Å². The molecule has 0 saturated carbocycles. The Hall–Kier alpha value is -2.66. The van der Waals surface area contributed by atoms with Crippen LogP contribution in [0.1, 0.15) is 32.7 Å². The van der Waals surface area contributed by atoms with Crippen molar-refractivity contribution in [3.63, 3.8) is 0 Å². The third-order valence-corrected chi connectivity index (χ3v) is 4.54. The van der Waals surface area contributed by atoms with Gasteiger partial charge in [-0.15, -0.1) is 0 Å². The summed E-state index contributed by atoms with van der Waals surface area (Å²) in [4.78, 5) is 12.5. The number of carbonyl (C=O) groups excluding carboxylic acids is 1. The monoisotopic (exact) mass is 371 g/mol. The highest BCUT2D eigenvalue weighted by molar-refractivity contribution is 6.31. The number of anilines is 1. The van der Waals surface area contributed by atoms with E-state index in [2.05, 4.69) is 10.4 Å². The molecule has 0 bridgehead atoms. The largest absolute Gasteiger partial charge is 0.305 e. The van der Waals surface area contributed by atoms with Crippen LogP contribution in [-0.4, -0.2) is 15.7 Å². The maximum Gasteiger partial charge on any atom is 0.257 e. The molecule has 0 aliphatic heterocycles. The molecule has 134 valence electrons. The molecule has 26 heavy (non-hydrogen) atoms. The highest BCUT2D eigenvalue weighted by atomic mass is 35.5. The Morgan fingerprint density at radius 2 is 1.92 bits per heavy atom. The fraction of sp³-hybridized carbons (Fsp3) is 0.200. The number of aryl methyl sites for hydroxylation is 3. The maximum atomic E-state index is 13.2. The van der Waals surface area contributed by atoms with Gasteiger partial charge in [-0.25, -0.2) is 4.39 Å². The lowest BCUT2D eigenvalue weighted by atomic mass is 10.1. The first kappa shape index (κ1) is 18.1. The minimum Gasteiger partial charge on any atom is -0.305 e. The molecule has 1 aromatic heterocycles. The predicted octanol–water partition coefficient (Wildman–Crippen LogP) is 4.90. The number of carbonyl (C=O) groups is 1. The average molecular weight is 372 g/mol. The molecule has 6 heteroatoms. The van der Waals surface area contributed by atoms with Gasteiger partial charge < -0.3 is 5.32 Å². The number of nitrogens with zero attached hydrogens (tertiary/aromatic N) is 2. The first-order valence-electron chi connectivity index (χ1n) is 8.20. The fourth-order valence-electron chi connectivity index (χ4n) is 2.79. The van der Waals surface area contributed by atoms with Crippen molar-refractivity contribution in [3.8, 4) is 0 Å². The molecule has 0 fully saturated rings. The summed E-state index contributed by atoms with van der Waals surface area (Å²) >= 11 is 6.08. The van der Waals surface area contributed by atoms with E-state index >= 15 is 0 Å². The Bertz CT molecular complexity index is 981. The van der Waals surface area contributed by atoms with Crippen molar-refractivity contribution in [2.45, 2.75) is 27.3 Å². The summed E-state index contributed by atoms with van der Waals surface area (Å²) in [6, 6.07) is 11.7. The van der Waals surface area contributed by atoms with Gasteiger partial charge in [0, 0.05) is 22.3 Å². The zero-order valence-corrected chi connectivity index (χ0v) is 15.6. The minimum absolute atomic E-state index is 0.202. The van der Waals surface area contributed by atoms with E-state index in [4.69, 9.17) is 11.6 Å². The van der Waals surface area contributed by atoms with Crippen LogP contribution in [0.25, 0.3) is 0 Å². The van der Waals surface area contributed by atoms with E-state index in [9.17, 15) is 9.18 Å². The number of hydrogen-bond donors (Lipinski definition) is 1. The van der Waals surface area contributed by atoms with E-state index in [0.717, 1.165) is 22.4 Å². The predicted molar refractivity (Wildman–Crippen MR) is 101 cm³/mol. The molecule has 0 aliphatic carbocycles. The van der Waals surface area contributed by atoms with E-state index in [1.807, 2.05) is 39.0 Å². The van der Waals surface area contributed by atoms with Crippen LogP contribution in [-0.2, 0) is 6.54 Å². The van der Waals surface area contributed by atoms with Crippen LogP contribution in [0.2, 0.25) is 5.02 Å². The van der Waals surface area contributed by atoms with Gasteiger partial charge >= 0.3 is 0 Å². The SMILES string of the molecule is Cc1ccc(C(=O)Nc2cc(C)n(Cc3ccc(F)cc3Cl)n2)c(C)c1. The van der Waals surface area contributed by atoms with Crippen molar-refractivity contribution in [1.82, 2.24) is 9.78 Å². The Morgan fingerprint density at radius 1 is 1.15 bits per heavy atom. The topological polar surface area (TPSA) is 46.9 Å². The average Bonchev–Trinajstić information content (AvgIpc) is 2.89. The summed E-state index contributed by atoms with van der Waals surface area (Å²) in [6.45, 7) is 6.17. The number of rotatable bonds is 4. The van der Waals surface area contributed by atoms with Crippen LogP contribution in [0.4, 0.5) is 10.2 Å².